The van der Waals surface area contributed by atoms with Crippen molar-refractivity contribution in [2.24, 2.45) is 0 Å². The smallest absolute Gasteiger partial charge is 0.0953 e. The summed E-state index contributed by atoms with van der Waals surface area (Å²) in [7, 11) is 0. The molecular weight excluding hydrogens is 292 g/mol. The molecule has 1 atom stereocenters. The van der Waals surface area contributed by atoms with E-state index in [0.717, 1.165) is 29.0 Å². The highest BCUT2D eigenvalue weighted by molar-refractivity contribution is 7.10. The molecule has 1 unspecified atom stereocenters. The summed E-state index contributed by atoms with van der Waals surface area (Å²) in [5.74, 6) is 0. The maximum atomic E-state index is 10.3. The summed E-state index contributed by atoms with van der Waals surface area (Å²) >= 11 is 7.70. The van der Waals surface area contributed by atoms with Crippen LogP contribution in [0.4, 0.5) is 0 Å². The Balaban J connectivity index is 2.08. The number of hydrogen-bond donors (Lipinski definition) is 1. The quantitative estimate of drug-likeness (QED) is 0.850. The molecule has 0 saturated carbocycles. The average molecular weight is 313 g/mol. The molecule has 3 nitrogen and oxygen atoms in total. The maximum absolute atomic E-state index is 10.3. The van der Waals surface area contributed by atoms with Gasteiger partial charge in [-0.25, -0.2) is 0 Å². The lowest BCUT2D eigenvalue weighted by Gasteiger charge is -2.13. The van der Waals surface area contributed by atoms with E-state index in [-0.39, 0.29) is 0 Å². The predicted molar refractivity (Wildman–Crippen MR) is 84.6 cm³/mol. The minimum Gasteiger partial charge on any atom is -0.387 e. The molecule has 0 aliphatic rings. The second-order valence-electron chi connectivity index (χ2n) is 5.07. The van der Waals surface area contributed by atoms with Crippen LogP contribution in [-0.4, -0.2) is 14.9 Å². The molecule has 1 N–H and O–H groups in total. The third-order valence-electron chi connectivity index (χ3n) is 3.61. The van der Waals surface area contributed by atoms with Gasteiger partial charge in [0.05, 0.1) is 27.7 Å². The molecule has 0 spiro atoms. The molecule has 0 aliphatic carbocycles. The van der Waals surface area contributed by atoms with Crippen LogP contribution < -0.4 is 0 Å². The van der Waals surface area contributed by atoms with E-state index < -0.39 is 6.10 Å². The Labute approximate surface area is 129 Å². The molecule has 0 radical (unpaired) electrons. The predicted octanol–water partition coefficient (Wildman–Crippen LogP) is 4.54. The number of halogens is 1. The van der Waals surface area contributed by atoms with Crippen molar-refractivity contribution in [2.75, 3.05) is 0 Å². The number of rotatable bonds is 6. The Morgan fingerprint density at radius 1 is 1.40 bits per heavy atom. The van der Waals surface area contributed by atoms with Crippen molar-refractivity contribution >= 4 is 22.9 Å². The summed E-state index contributed by atoms with van der Waals surface area (Å²) in [6.45, 7) is 6.29. The van der Waals surface area contributed by atoms with Gasteiger partial charge in [-0.2, -0.15) is 5.10 Å². The van der Waals surface area contributed by atoms with Gasteiger partial charge in [0.25, 0.3) is 0 Å². The van der Waals surface area contributed by atoms with Crippen LogP contribution in [-0.2, 0) is 6.42 Å². The summed E-state index contributed by atoms with van der Waals surface area (Å²) in [4.78, 5) is 0.834. The first kappa shape index (κ1) is 15.5. The monoisotopic (exact) mass is 312 g/mol. The highest BCUT2D eigenvalue weighted by atomic mass is 35.5. The molecule has 0 saturated heterocycles. The summed E-state index contributed by atoms with van der Waals surface area (Å²) in [6, 6.07) is 2.42. The summed E-state index contributed by atoms with van der Waals surface area (Å²) in [6.07, 6.45) is 4.06. The van der Waals surface area contributed by atoms with Crippen molar-refractivity contribution in [1.82, 2.24) is 9.78 Å². The summed E-state index contributed by atoms with van der Waals surface area (Å²) in [5.41, 5.74) is 1.93. The van der Waals surface area contributed by atoms with Crippen molar-refractivity contribution in [3.8, 4) is 0 Å². The molecule has 0 fully saturated rings. The number of aromatic nitrogens is 2. The van der Waals surface area contributed by atoms with E-state index in [2.05, 4.69) is 18.9 Å². The van der Waals surface area contributed by atoms with Gasteiger partial charge in [0.1, 0.15) is 0 Å². The first-order chi connectivity index (χ1) is 9.56. The van der Waals surface area contributed by atoms with E-state index in [1.165, 1.54) is 11.3 Å². The third-order valence-corrected chi connectivity index (χ3v) is 5.43. The van der Waals surface area contributed by atoms with Gasteiger partial charge in [-0.05, 0) is 36.8 Å². The Kier molecular flexibility index (Phi) is 5.24. The highest BCUT2D eigenvalue weighted by Gasteiger charge is 2.17. The topological polar surface area (TPSA) is 38.0 Å². The SMILES string of the molecule is CCC(CC)n1ccc(CC(O)c2scc(C)c2Cl)n1. The van der Waals surface area contributed by atoms with E-state index in [1.54, 1.807) is 0 Å². The molecule has 0 aliphatic heterocycles. The minimum absolute atomic E-state index is 0.438. The summed E-state index contributed by atoms with van der Waals surface area (Å²) in [5, 5.41) is 17.5. The van der Waals surface area contributed by atoms with Gasteiger partial charge in [-0.1, -0.05) is 25.4 Å². The molecule has 110 valence electrons. The Morgan fingerprint density at radius 3 is 2.65 bits per heavy atom. The molecule has 5 heteroatoms. The summed E-state index contributed by atoms with van der Waals surface area (Å²) < 4.78 is 2.00. The first-order valence-corrected chi connectivity index (χ1v) is 8.28. The standard InChI is InChI=1S/C15H21ClN2OS/c1-4-12(5-2)18-7-6-11(17-18)8-13(19)15-14(16)10(3)9-20-15/h6-7,9,12-13,19H,4-5,8H2,1-3H3. The van der Waals surface area contributed by atoms with E-state index in [1.807, 2.05) is 29.2 Å². The van der Waals surface area contributed by atoms with Crippen molar-refractivity contribution in [2.45, 2.75) is 52.2 Å². The zero-order valence-electron chi connectivity index (χ0n) is 12.1. The lowest BCUT2D eigenvalue weighted by atomic mass is 10.1. The molecule has 0 aromatic carbocycles. The van der Waals surface area contributed by atoms with E-state index >= 15 is 0 Å². The van der Waals surface area contributed by atoms with Crippen LogP contribution in [0.2, 0.25) is 5.02 Å². The molecule has 0 bridgehead atoms. The van der Waals surface area contributed by atoms with Gasteiger partial charge >= 0.3 is 0 Å². The molecule has 2 aromatic rings. The number of nitrogens with zero attached hydrogens (tertiary/aromatic N) is 2. The average Bonchev–Trinajstić information content (AvgIpc) is 3.00. The normalized spacial score (nSPS) is 13.1. The van der Waals surface area contributed by atoms with E-state index in [4.69, 9.17) is 11.6 Å². The van der Waals surface area contributed by atoms with Crippen molar-refractivity contribution < 1.29 is 5.11 Å². The number of aliphatic hydroxyl groups is 1. The fourth-order valence-corrected chi connectivity index (χ4v) is 3.62. The maximum Gasteiger partial charge on any atom is 0.0953 e. The number of hydrogen-bond acceptors (Lipinski definition) is 3. The van der Waals surface area contributed by atoms with Gasteiger partial charge < -0.3 is 5.11 Å². The van der Waals surface area contributed by atoms with Gasteiger partial charge in [-0.15, -0.1) is 11.3 Å². The second-order valence-corrected chi connectivity index (χ2v) is 6.36. The Hall–Kier alpha value is -0.840. The van der Waals surface area contributed by atoms with Crippen molar-refractivity contribution in [3.05, 3.63) is 38.8 Å². The van der Waals surface area contributed by atoms with Crippen LogP contribution in [0, 0.1) is 6.92 Å². The molecular formula is C15H21ClN2OS. The lowest BCUT2D eigenvalue weighted by Crippen LogP contribution is -2.09. The van der Waals surface area contributed by atoms with E-state index in [9.17, 15) is 5.11 Å². The Morgan fingerprint density at radius 2 is 2.10 bits per heavy atom. The zero-order chi connectivity index (χ0) is 14.7. The third kappa shape index (κ3) is 3.25. The van der Waals surface area contributed by atoms with Crippen LogP contribution in [0.25, 0.3) is 0 Å². The molecule has 2 heterocycles. The van der Waals surface area contributed by atoms with Gasteiger partial charge in [-0.3, -0.25) is 4.68 Å². The van der Waals surface area contributed by atoms with Crippen molar-refractivity contribution in [1.29, 1.82) is 0 Å². The highest BCUT2D eigenvalue weighted by Crippen LogP contribution is 2.33. The van der Waals surface area contributed by atoms with Crippen LogP contribution in [0.1, 0.15) is 55.0 Å². The second kappa shape index (κ2) is 6.74. The van der Waals surface area contributed by atoms with E-state index in [0.29, 0.717) is 17.5 Å². The van der Waals surface area contributed by atoms with Crippen LogP contribution >= 0.6 is 22.9 Å². The molecule has 2 aromatic heterocycles. The lowest BCUT2D eigenvalue weighted by molar-refractivity contribution is 0.180. The fraction of sp³-hybridized carbons (Fsp3) is 0.533. The van der Waals surface area contributed by atoms with Crippen LogP contribution in [0.3, 0.4) is 0 Å². The number of thiophene rings is 1. The number of aliphatic hydroxyl groups excluding tert-OH is 1. The zero-order valence-corrected chi connectivity index (χ0v) is 13.7. The molecule has 0 amide bonds. The molecule has 20 heavy (non-hydrogen) atoms. The molecule has 2 rings (SSSR count). The van der Waals surface area contributed by atoms with Crippen LogP contribution in [0.5, 0.6) is 0 Å². The van der Waals surface area contributed by atoms with Crippen LogP contribution in [0.15, 0.2) is 17.6 Å². The first-order valence-electron chi connectivity index (χ1n) is 7.02. The fourth-order valence-electron chi connectivity index (χ4n) is 2.32. The Bertz CT molecular complexity index is 560. The van der Waals surface area contributed by atoms with Gasteiger partial charge in [0, 0.05) is 12.6 Å². The minimum atomic E-state index is -0.578. The van der Waals surface area contributed by atoms with Gasteiger partial charge in [0.2, 0.25) is 0 Å². The largest absolute Gasteiger partial charge is 0.387 e. The van der Waals surface area contributed by atoms with Gasteiger partial charge in [0.15, 0.2) is 0 Å². The van der Waals surface area contributed by atoms with Crippen molar-refractivity contribution in [3.63, 3.8) is 0 Å². The number of aryl methyl sites for hydroxylation is 1.